The zero-order valence-corrected chi connectivity index (χ0v) is 16.9. The van der Waals surface area contributed by atoms with Crippen LogP contribution in [0.15, 0.2) is 59.5 Å². The molecule has 0 radical (unpaired) electrons. The molecule has 29 heavy (non-hydrogen) atoms. The highest BCUT2D eigenvalue weighted by atomic mass is 35.5. The minimum absolute atomic E-state index is 0.118. The standard InChI is InChI=1S/C22H15ClFNO3S/c1-28-19-10-9-13(14-5-2-3-6-15(14)19)11-20-21(26)25(22(27)29-20)12-16-17(23)7-4-8-18(16)24/h2-11H,12H2,1H3/b20-11-. The molecule has 1 aliphatic rings. The molecule has 1 aliphatic heterocycles. The largest absolute Gasteiger partial charge is 0.496 e. The molecule has 0 atom stereocenters. The van der Waals surface area contributed by atoms with Crippen molar-refractivity contribution in [3.63, 3.8) is 0 Å². The Labute approximate surface area is 175 Å². The van der Waals surface area contributed by atoms with E-state index in [1.165, 1.54) is 18.2 Å². The van der Waals surface area contributed by atoms with Crippen molar-refractivity contribution in [1.82, 2.24) is 4.90 Å². The van der Waals surface area contributed by atoms with Crippen LogP contribution in [0.25, 0.3) is 16.8 Å². The second-order valence-electron chi connectivity index (χ2n) is 6.37. The first-order valence-corrected chi connectivity index (χ1v) is 9.93. The van der Waals surface area contributed by atoms with Gasteiger partial charge in [-0.2, -0.15) is 0 Å². The molecular weight excluding hydrogens is 413 g/mol. The maximum Gasteiger partial charge on any atom is 0.293 e. The molecule has 1 saturated heterocycles. The predicted molar refractivity (Wildman–Crippen MR) is 113 cm³/mol. The quantitative estimate of drug-likeness (QED) is 0.488. The first-order chi connectivity index (χ1) is 14.0. The highest BCUT2D eigenvalue weighted by Crippen LogP contribution is 2.36. The van der Waals surface area contributed by atoms with Gasteiger partial charge in [0.05, 0.1) is 18.6 Å². The second-order valence-corrected chi connectivity index (χ2v) is 7.77. The van der Waals surface area contributed by atoms with Gasteiger partial charge >= 0.3 is 0 Å². The van der Waals surface area contributed by atoms with Crippen LogP contribution in [0.3, 0.4) is 0 Å². The number of thioether (sulfide) groups is 1. The van der Waals surface area contributed by atoms with Crippen LogP contribution >= 0.6 is 23.4 Å². The Balaban J connectivity index is 1.69. The molecule has 3 aromatic rings. The number of amides is 2. The third-order valence-electron chi connectivity index (χ3n) is 4.68. The summed E-state index contributed by atoms with van der Waals surface area (Å²) in [6.45, 7) is -0.211. The van der Waals surface area contributed by atoms with Gasteiger partial charge in [0.15, 0.2) is 0 Å². The summed E-state index contributed by atoms with van der Waals surface area (Å²) in [5.41, 5.74) is 0.906. The van der Waals surface area contributed by atoms with Crippen molar-refractivity contribution in [3.05, 3.63) is 81.5 Å². The van der Waals surface area contributed by atoms with Crippen LogP contribution in [0.5, 0.6) is 5.75 Å². The summed E-state index contributed by atoms with van der Waals surface area (Å²) in [5.74, 6) is -0.305. The van der Waals surface area contributed by atoms with Gasteiger partial charge in [0.2, 0.25) is 0 Å². The van der Waals surface area contributed by atoms with E-state index >= 15 is 0 Å². The Kier molecular flexibility index (Phi) is 5.30. The van der Waals surface area contributed by atoms with Crippen molar-refractivity contribution in [2.24, 2.45) is 0 Å². The maximum atomic E-state index is 14.1. The second kappa shape index (κ2) is 7.89. The number of ether oxygens (including phenoxy) is 1. The first kappa shape index (κ1) is 19.5. The lowest BCUT2D eigenvalue weighted by Gasteiger charge is -2.14. The Bertz CT molecular complexity index is 1160. The van der Waals surface area contributed by atoms with Gasteiger partial charge in [-0.1, -0.05) is 48.0 Å². The van der Waals surface area contributed by atoms with Gasteiger partial charge in [-0.3, -0.25) is 14.5 Å². The molecule has 2 amide bonds. The lowest BCUT2D eigenvalue weighted by Crippen LogP contribution is -2.28. The number of methoxy groups -OCH3 is 1. The van der Waals surface area contributed by atoms with Crippen LogP contribution in [0, 0.1) is 5.82 Å². The highest BCUT2D eigenvalue weighted by Gasteiger charge is 2.36. The third kappa shape index (κ3) is 3.61. The maximum absolute atomic E-state index is 14.1. The van der Waals surface area contributed by atoms with Crippen molar-refractivity contribution >= 4 is 51.4 Å². The fraction of sp³-hybridized carbons (Fsp3) is 0.0909. The summed E-state index contributed by atoms with van der Waals surface area (Å²) < 4.78 is 19.5. The van der Waals surface area contributed by atoms with Crippen molar-refractivity contribution in [3.8, 4) is 5.75 Å². The van der Waals surface area contributed by atoms with Crippen LogP contribution in [0.4, 0.5) is 9.18 Å². The molecule has 0 aliphatic carbocycles. The van der Waals surface area contributed by atoms with Crippen LogP contribution in [-0.2, 0) is 11.3 Å². The summed E-state index contributed by atoms with van der Waals surface area (Å²) in [6.07, 6.45) is 1.68. The van der Waals surface area contributed by atoms with Gasteiger partial charge < -0.3 is 4.74 Å². The molecule has 0 saturated carbocycles. The molecule has 4 nitrogen and oxygen atoms in total. The number of hydrogen-bond donors (Lipinski definition) is 0. The number of nitrogens with zero attached hydrogens (tertiary/aromatic N) is 1. The number of carbonyl (C=O) groups is 2. The van der Waals surface area contributed by atoms with Gasteiger partial charge in [-0.15, -0.1) is 0 Å². The van der Waals surface area contributed by atoms with E-state index in [0.717, 1.165) is 38.7 Å². The zero-order chi connectivity index (χ0) is 20.5. The lowest BCUT2D eigenvalue weighted by molar-refractivity contribution is -0.123. The molecule has 0 spiro atoms. The molecular formula is C22H15ClFNO3S. The van der Waals surface area contributed by atoms with Gasteiger partial charge in [0.25, 0.3) is 11.1 Å². The minimum atomic E-state index is -0.554. The molecule has 146 valence electrons. The molecule has 3 aromatic carbocycles. The number of halogens is 2. The van der Waals surface area contributed by atoms with Crippen LogP contribution < -0.4 is 4.74 Å². The number of carbonyl (C=O) groups excluding carboxylic acids is 2. The summed E-state index contributed by atoms with van der Waals surface area (Å²) in [6, 6.07) is 15.6. The van der Waals surface area contributed by atoms with E-state index in [1.54, 1.807) is 13.2 Å². The smallest absolute Gasteiger partial charge is 0.293 e. The Morgan fingerprint density at radius 2 is 1.83 bits per heavy atom. The van der Waals surface area contributed by atoms with Crippen LogP contribution in [0.2, 0.25) is 5.02 Å². The number of hydrogen-bond acceptors (Lipinski definition) is 4. The molecule has 7 heteroatoms. The molecule has 1 heterocycles. The van der Waals surface area contributed by atoms with Crippen molar-refractivity contribution in [1.29, 1.82) is 0 Å². The molecule has 0 aromatic heterocycles. The van der Waals surface area contributed by atoms with E-state index in [1.807, 2.05) is 36.4 Å². The fourth-order valence-electron chi connectivity index (χ4n) is 3.22. The van der Waals surface area contributed by atoms with Gasteiger partial charge in [-0.25, -0.2) is 4.39 Å². The highest BCUT2D eigenvalue weighted by molar-refractivity contribution is 8.18. The van der Waals surface area contributed by atoms with Crippen LogP contribution in [-0.4, -0.2) is 23.2 Å². The summed E-state index contributed by atoms with van der Waals surface area (Å²) >= 11 is 6.87. The summed E-state index contributed by atoms with van der Waals surface area (Å²) in [5, 5.41) is 1.52. The minimum Gasteiger partial charge on any atom is -0.496 e. The molecule has 4 rings (SSSR count). The first-order valence-electron chi connectivity index (χ1n) is 8.73. The van der Waals surface area contributed by atoms with E-state index in [4.69, 9.17) is 16.3 Å². The van der Waals surface area contributed by atoms with Crippen molar-refractivity contribution in [2.75, 3.05) is 7.11 Å². The number of rotatable bonds is 4. The number of fused-ring (bicyclic) bond motifs is 1. The van der Waals surface area contributed by atoms with Crippen LogP contribution in [0.1, 0.15) is 11.1 Å². The van der Waals surface area contributed by atoms with E-state index in [2.05, 4.69) is 0 Å². The molecule has 0 N–H and O–H groups in total. The average molecular weight is 428 g/mol. The zero-order valence-electron chi connectivity index (χ0n) is 15.3. The SMILES string of the molecule is COc1ccc(/C=C2\SC(=O)N(Cc3c(F)cccc3Cl)C2=O)c2ccccc12. The lowest BCUT2D eigenvalue weighted by atomic mass is 10.0. The third-order valence-corrected chi connectivity index (χ3v) is 5.94. The summed E-state index contributed by atoms with van der Waals surface area (Å²) in [7, 11) is 1.60. The van der Waals surface area contributed by atoms with E-state index < -0.39 is 17.0 Å². The molecule has 0 bridgehead atoms. The van der Waals surface area contributed by atoms with Crippen molar-refractivity contribution < 1.29 is 18.7 Å². The average Bonchev–Trinajstić information content (AvgIpc) is 2.98. The Morgan fingerprint density at radius 3 is 2.55 bits per heavy atom. The van der Waals surface area contributed by atoms with Gasteiger partial charge in [0.1, 0.15) is 11.6 Å². The monoisotopic (exact) mass is 427 g/mol. The van der Waals surface area contributed by atoms with E-state index in [9.17, 15) is 14.0 Å². The van der Waals surface area contributed by atoms with Crippen molar-refractivity contribution in [2.45, 2.75) is 6.54 Å². The number of benzene rings is 3. The summed E-state index contributed by atoms with van der Waals surface area (Å²) in [4.78, 5) is 26.5. The Hall–Kier alpha value is -2.83. The normalized spacial score (nSPS) is 15.6. The predicted octanol–water partition coefficient (Wildman–Crippen LogP) is 5.88. The Morgan fingerprint density at radius 1 is 1.07 bits per heavy atom. The fourth-order valence-corrected chi connectivity index (χ4v) is 4.27. The van der Waals surface area contributed by atoms with E-state index in [0.29, 0.717) is 0 Å². The van der Waals surface area contributed by atoms with E-state index in [-0.39, 0.29) is 22.0 Å². The molecule has 1 fully saturated rings. The number of imide groups is 1. The topological polar surface area (TPSA) is 46.6 Å². The van der Waals surface area contributed by atoms with Gasteiger partial charge in [0, 0.05) is 16.0 Å². The van der Waals surface area contributed by atoms with Gasteiger partial charge in [-0.05, 0) is 47.0 Å². The molecule has 0 unspecified atom stereocenters.